The van der Waals surface area contributed by atoms with E-state index in [1.165, 1.54) is 24.3 Å². The zero-order chi connectivity index (χ0) is 20.2. The normalized spacial score (nSPS) is 17.9. The molecule has 4 nitrogen and oxygen atoms in total. The van der Waals surface area contributed by atoms with Crippen molar-refractivity contribution in [3.63, 3.8) is 0 Å². The van der Waals surface area contributed by atoms with E-state index < -0.39 is 0 Å². The van der Waals surface area contributed by atoms with Crippen LogP contribution in [0.15, 0.2) is 48.5 Å². The van der Waals surface area contributed by atoms with E-state index in [-0.39, 0.29) is 23.7 Å². The molecule has 2 aliphatic rings. The minimum absolute atomic E-state index is 0.0196. The number of amides is 2. The van der Waals surface area contributed by atoms with Gasteiger partial charge in [-0.05, 0) is 61.1 Å². The highest BCUT2D eigenvalue weighted by molar-refractivity contribution is 5.75. The lowest BCUT2D eigenvalue weighted by Crippen LogP contribution is -2.49. The number of carbonyl (C=O) groups excluding carboxylic acids is 1. The van der Waals surface area contributed by atoms with E-state index in [9.17, 15) is 13.6 Å². The van der Waals surface area contributed by atoms with Crippen LogP contribution in [0.5, 0.6) is 0 Å². The predicted octanol–water partition coefficient (Wildman–Crippen LogP) is 4.30. The highest BCUT2D eigenvalue weighted by atomic mass is 19.1. The standard InChI is InChI=1S/C23H27F2N3O/c24-19-5-1-17(2-6-19)15-27-13-11-21(12-14-27)26-23(29)28(22-9-10-22)16-18-3-7-20(25)8-4-18/h1-8,21-22H,9-16H2,(H,26,29). The van der Waals surface area contributed by atoms with Crippen molar-refractivity contribution in [2.75, 3.05) is 13.1 Å². The zero-order valence-electron chi connectivity index (χ0n) is 16.5. The van der Waals surface area contributed by atoms with Crippen molar-refractivity contribution in [3.8, 4) is 0 Å². The first-order valence-electron chi connectivity index (χ1n) is 10.4. The molecular weight excluding hydrogens is 372 g/mol. The van der Waals surface area contributed by atoms with Crippen LogP contribution in [0, 0.1) is 11.6 Å². The van der Waals surface area contributed by atoms with E-state index in [1.54, 1.807) is 12.1 Å². The summed E-state index contributed by atoms with van der Waals surface area (Å²) in [6, 6.07) is 13.4. The molecule has 29 heavy (non-hydrogen) atoms. The van der Waals surface area contributed by atoms with Gasteiger partial charge in [-0.3, -0.25) is 4.90 Å². The monoisotopic (exact) mass is 399 g/mol. The summed E-state index contributed by atoms with van der Waals surface area (Å²) < 4.78 is 26.2. The number of urea groups is 1. The van der Waals surface area contributed by atoms with Crippen molar-refractivity contribution in [3.05, 3.63) is 71.3 Å². The van der Waals surface area contributed by atoms with Gasteiger partial charge in [0.05, 0.1) is 0 Å². The minimum Gasteiger partial charge on any atom is -0.335 e. The Balaban J connectivity index is 1.26. The number of carbonyl (C=O) groups is 1. The topological polar surface area (TPSA) is 35.6 Å². The Kier molecular flexibility index (Phi) is 6.09. The largest absolute Gasteiger partial charge is 0.335 e. The summed E-state index contributed by atoms with van der Waals surface area (Å²) in [5, 5.41) is 3.20. The van der Waals surface area contributed by atoms with Gasteiger partial charge in [0.2, 0.25) is 0 Å². The highest BCUT2D eigenvalue weighted by Crippen LogP contribution is 2.29. The smallest absolute Gasteiger partial charge is 0.318 e. The first-order chi connectivity index (χ1) is 14.1. The molecule has 2 amide bonds. The Morgan fingerprint density at radius 3 is 2.00 bits per heavy atom. The van der Waals surface area contributed by atoms with E-state index in [0.29, 0.717) is 12.6 Å². The molecule has 0 aromatic heterocycles. The van der Waals surface area contributed by atoms with Crippen molar-refractivity contribution < 1.29 is 13.6 Å². The first kappa shape index (κ1) is 19.8. The Hall–Kier alpha value is -2.47. The van der Waals surface area contributed by atoms with Gasteiger partial charge in [0.15, 0.2) is 0 Å². The van der Waals surface area contributed by atoms with Crippen LogP contribution in [0.1, 0.15) is 36.8 Å². The summed E-state index contributed by atoms with van der Waals surface area (Å²) in [6.45, 7) is 3.13. The van der Waals surface area contributed by atoms with Gasteiger partial charge in [-0.25, -0.2) is 13.6 Å². The third kappa shape index (κ3) is 5.54. The number of halogens is 2. The Morgan fingerprint density at radius 2 is 1.45 bits per heavy atom. The van der Waals surface area contributed by atoms with Crippen molar-refractivity contribution >= 4 is 6.03 Å². The van der Waals surface area contributed by atoms with Gasteiger partial charge in [-0.15, -0.1) is 0 Å². The molecule has 0 radical (unpaired) electrons. The van der Waals surface area contributed by atoms with E-state index in [2.05, 4.69) is 10.2 Å². The number of rotatable bonds is 6. The fraction of sp³-hybridized carbons (Fsp3) is 0.435. The average molecular weight is 399 g/mol. The summed E-state index contributed by atoms with van der Waals surface area (Å²) >= 11 is 0. The molecule has 2 fully saturated rings. The Labute approximate surface area is 170 Å². The quantitative estimate of drug-likeness (QED) is 0.786. The van der Waals surface area contributed by atoms with Crippen LogP contribution in [-0.4, -0.2) is 41.0 Å². The number of nitrogens with zero attached hydrogens (tertiary/aromatic N) is 2. The van der Waals surface area contributed by atoms with Gasteiger partial charge in [0.25, 0.3) is 0 Å². The molecule has 1 saturated heterocycles. The highest BCUT2D eigenvalue weighted by Gasteiger charge is 2.33. The van der Waals surface area contributed by atoms with Crippen LogP contribution in [0.2, 0.25) is 0 Å². The molecule has 0 bridgehead atoms. The lowest BCUT2D eigenvalue weighted by atomic mass is 10.0. The summed E-state index contributed by atoms with van der Waals surface area (Å²) in [5.41, 5.74) is 2.05. The minimum atomic E-state index is -0.261. The maximum absolute atomic E-state index is 13.1. The number of hydrogen-bond acceptors (Lipinski definition) is 2. The van der Waals surface area contributed by atoms with Crippen LogP contribution in [-0.2, 0) is 13.1 Å². The summed E-state index contributed by atoms with van der Waals surface area (Å²) in [5.74, 6) is -0.473. The van der Waals surface area contributed by atoms with Gasteiger partial charge < -0.3 is 10.2 Å². The van der Waals surface area contributed by atoms with Gasteiger partial charge in [0, 0.05) is 38.3 Å². The van der Waals surface area contributed by atoms with E-state index in [1.807, 2.05) is 17.0 Å². The van der Waals surface area contributed by atoms with Crippen molar-refractivity contribution in [1.82, 2.24) is 15.1 Å². The van der Waals surface area contributed by atoms with Crippen molar-refractivity contribution in [2.24, 2.45) is 0 Å². The maximum Gasteiger partial charge on any atom is 0.318 e. The lowest BCUT2D eigenvalue weighted by molar-refractivity contribution is 0.165. The number of hydrogen-bond donors (Lipinski definition) is 1. The second kappa shape index (κ2) is 8.91. The fourth-order valence-corrected chi connectivity index (χ4v) is 3.88. The van der Waals surface area contributed by atoms with Crippen LogP contribution >= 0.6 is 0 Å². The molecule has 0 atom stereocenters. The average Bonchev–Trinajstić information content (AvgIpc) is 3.56. The first-order valence-corrected chi connectivity index (χ1v) is 10.4. The van der Waals surface area contributed by atoms with Gasteiger partial charge in [-0.2, -0.15) is 0 Å². The molecule has 6 heteroatoms. The third-order valence-electron chi connectivity index (χ3n) is 5.75. The SMILES string of the molecule is O=C(NC1CCN(Cc2ccc(F)cc2)CC1)N(Cc1ccc(F)cc1)C1CC1. The zero-order valence-corrected chi connectivity index (χ0v) is 16.5. The van der Waals surface area contributed by atoms with Gasteiger partial charge >= 0.3 is 6.03 Å². The number of likely N-dealkylation sites (tertiary alicyclic amines) is 1. The molecule has 4 rings (SSSR count). The van der Waals surface area contributed by atoms with Gasteiger partial charge in [0.1, 0.15) is 11.6 Å². The maximum atomic E-state index is 13.1. The summed E-state index contributed by atoms with van der Waals surface area (Å²) in [6.07, 6.45) is 3.87. The molecule has 1 saturated carbocycles. The molecule has 2 aromatic rings. The molecule has 2 aromatic carbocycles. The Morgan fingerprint density at radius 1 is 0.897 bits per heavy atom. The molecule has 0 spiro atoms. The molecule has 1 N–H and O–H groups in total. The predicted molar refractivity (Wildman–Crippen MR) is 108 cm³/mol. The fourth-order valence-electron chi connectivity index (χ4n) is 3.88. The molecule has 0 unspecified atom stereocenters. The number of piperidine rings is 1. The number of nitrogens with one attached hydrogen (secondary N) is 1. The van der Waals surface area contributed by atoms with E-state index >= 15 is 0 Å². The molecule has 1 aliphatic heterocycles. The van der Waals surface area contributed by atoms with Crippen LogP contribution in [0.4, 0.5) is 13.6 Å². The molecule has 1 aliphatic carbocycles. The van der Waals surface area contributed by atoms with Crippen LogP contribution in [0.25, 0.3) is 0 Å². The van der Waals surface area contributed by atoms with Gasteiger partial charge in [-0.1, -0.05) is 24.3 Å². The van der Waals surface area contributed by atoms with E-state index in [4.69, 9.17) is 0 Å². The molecular formula is C23H27F2N3O. The van der Waals surface area contributed by atoms with E-state index in [0.717, 1.165) is 56.4 Å². The lowest BCUT2D eigenvalue weighted by Gasteiger charge is -2.34. The van der Waals surface area contributed by atoms with Crippen molar-refractivity contribution in [1.29, 1.82) is 0 Å². The van der Waals surface area contributed by atoms with Crippen LogP contribution < -0.4 is 5.32 Å². The second-order valence-corrected chi connectivity index (χ2v) is 8.11. The molecule has 154 valence electrons. The van der Waals surface area contributed by atoms with Crippen molar-refractivity contribution in [2.45, 2.75) is 50.9 Å². The second-order valence-electron chi connectivity index (χ2n) is 8.11. The molecule has 1 heterocycles. The summed E-state index contributed by atoms with van der Waals surface area (Å²) in [4.78, 5) is 17.1. The van der Waals surface area contributed by atoms with Crippen LogP contribution in [0.3, 0.4) is 0 Å². The summed E-state index contributed by atoms with van der Waals surface area (Å²) in [7, 11) is 0. The Bertz CT molecular complexity index is 813. The third-order valence-corrected chi connectivity index (χ3v) is 5.75. The number of benzene rings is 2.